The van der Waals surface area contributed by atoms with E-state index in [1.165, 1.54) is 70.6 Å². The molecule has 0 spiro atoms. The van der Waals surface area contributed by atoms with E-state index in [-0.39, 0.29) is 5.60 Å². The van der Waals surface area contributed by atoms with E-state index >= 15 is 0 Å². The smallest absolute Gasteiger partial charge is 0.313 e. The average molecular weight is 399 g/mol. The van der Waals surface area contributed by atoms with Gasteiger partial charge in [-0.05, 0) is 39.6 Å². The van der Waals surface area contributed by atoms with Gasteiger partial charge in [0.15, 0.2) is 0 Å². The molecule has 26 heavy (non-hydrogen) atoms. The largest absolute Gasteiger partial charge is 0.389 e. The van der Waals surface area contributed by atoms with E-state index in [0.29, 0.717) is 6.42 Å². The summed E-state index contributed by atoms with van der Waals surface area (Å²) < 4.78 is 41.1. The van der Waals surface area contributed by atoms with Crippen LogP contribution in [0.1, 0.15) is 123 Å². The predicted octanol–water partition coefficient (Wildman–Crippen LogP) is 8.82. The Morgan fingerprint density at radius 3 is 1.08 bits per heavy atom. The number of rotatable bonds is 18. The first kappa shape index (κ1) is 26.1. The molecule has 0 aliphatic carbocycles. The summed E-state index contributed by atoms with van der Waals surface area (Å²) in [5.74, 6) is 0. The molecular weight excluding hydrogens is 357 g/mol. The van der Waals surface area contributed by atoms with Crippen molar-refractivity contribution in [3.8, 4) is 0 Å². The summed E-state index contributed by atoms with van der Waals surface area (Å²) in [5.41, 5.74) is -0.105. The van der Waals surface area contributed by atoms with Gasteiger partial charge in [-0.3, -0.25) is 0 Å². The standard InChI is InChI=1S/C21H41F3OS/c1-20(2,25-26)18-16-14-12-10-8-6-4-3-5-7-9-11-13-15-17-19-21(22,23)24/h26H,3-19H2,1-2H3. The van der Waals surface area contributed by atoms with Crippen molar-refractivity contribution in [1.82, 2.24) is 0 Å². The highest BCUT2D eigenvalue weighted by Crippen LogP contribution is 2.23. The average Bonchev–Trinajstić information content (AvgIpc) is 2.56. The van der Waals surface area contributed by atoms with Crippen molar-refractivity contribution >= 4 is 12.9 Å². The molecule has 0 aliphatic heterocycles. The van der Waals surface area contributed by atoms with Gasteiger partial charge < -0.3 is 4.18 Å². The normalized spacial score (nSPS) is 12.7. The fraction of sp³-hybridized carbons (Fsp3) is 1.00. The van der Waals surface area contributed by atoms with Crippen molar-refractivity contribution in [2.75, 3.05) is 0 Å². The van der Waals surface area contributed by atoms with E-state index in [2.05, 4.69) is 26.8 Å². The minimum Gasteiger partial charge on any atom is -0.313 e. The van der Waals surface area contributed by atoms with Crippen LogP contribution >= 0.6 is 12.9 Å². The van der Waals surface area contributed by atoms with Crippen molar-refractivity contribution in [3.05, 3.63) is 0 Å². The molecule has 0 atom stereocenters. The molecule has 0 aromatic rings. The second-order valence-corrected chi connectivity index (χ2v) is 8.45. The summed E-state index contributed by atoms with van der Waals surface area (Å²) in [6.45, 7) is 4.15. The van der Waals surface area contributed by atoms with E-state index in [1.807, 2.05) is 0 Å². The Bertz CT molecular complexity index is 306. The van der Waals surface area contributed by atoms with Crippen molar-refractivity contribution in [2.24, 2.45) is 0 Å². The third kappa shape index (κ3) is 20.4. The van der Waals surface area contributed by atoms with Crippen molar-refractivity contribution in [3.63, 3.8) is 0 Å². The lowest BCUT2D eigenvalue weighted by atomic mass is 9.99. The molecule has 0 saturated carbocycles. The van der Waals surface area contributed by atoms with Crippen molar-refractivity contribution in [2.45, 2.75) is 135 Å². The number of hydrogen-bond donors (Lipinski definition) is 1. The monoisotopic (exact) mass is 398 g/mol. The van der Waals surface area contributed by atoms with Gasteiger partial charge in [-0.2, -0.15) is 13.2 Å². The van der Waals surface area contributed by atoms with Crippen LogP contribution in [0.5, 0.6) is 0 Å². The summed E-state index contributed by atoms with van der Waals surface area (Å²) in [5, 5.41) is 0. The van der Waals surface area contributed by atoms with Crippen LogP contribution in [0.3, 0.4) is 0 Å². The first-order valence-corrected chi connectivity index (χ1v) is 11.0. The molecule has 0 aromatic carbocycles. The minimum absolute atomic E-state index is 0.105. The van der Waals surface area contributed by atoms with Crippen LogP contribution in [0, 0.1) is 0 Å². The van der Waals surface area contributed by atoms with E-state index in [4.69, 9.17) is 4.18 Å². The lowest BCUT2D eigenvalue weighted by molar-refractivity contribution is -0.135. The Morgan fingerprint density at radius 2 is 0.808 bits per heavy atom. The van der Waals surface area contributed by atoms with E-state index < -0.39 is 12.6 Å². The van der Waals surface area contributed by atoms with Gasteiger partial charge in [0.2, 0.25) is 0 Å². The highest BCUT2D eigenvalue weighted by atomic mass is 32.1. The van der Waals surface area contributed by atoms with Crippen LogP contribution in [0.15, 0.2) is 0 Å². The third-order valence-electron chi connectivity index (χ3n) is 4.99. The highest BCUT2D eigenvalue weighted by Gasteiger charge is 2.25. The lowest BCUT2D eigenvalue weighted by Crippen LogP contribution is -2.19. The van der Waals surface area contributed by atoms with Gasteiger partial charge >= 0.3 is 6.18 Å². The summed E-state index contributed by atoms with van der Waals surface area (Å²) in [4.78, 5) is 0. The van der Waals surface area contributed by atoms with E-state index in [0.717, 1.165) is 25.7 Å². The number of unbranched alkanes of at least 4 members (excludes halogenated alkanes) is 14. The molecule has 0 unspecified atom stereocenters. The van der Waals surface area contributed by atoms with E-state index in [9.17, 15) is 13.2 Å². The maximum Gasteiger partial charge on any atom is 0.389 e. The lowest BCUT2D eigenvalue weighted by Gasteiger charge is -2.20. The third-order valence-corrected chi connectivity index (χ3v) is 5.48. The van der Waals surface area contributed by atoms with Gasteiger partial charge in [0.05, 0.1) is 5.60 Å². The zero-order valence-electron chi connectivity index (χ0n) is 17.0. The number of alkyl halides is 3. The van der Waals surface area contributed by atoms with Gasteiger partial charge in [-0.1, -0.05) is 89.9 Å². The molecule has 0 amide bonds. The second kappa shape index (κ2) is 16.1. The van der Waals surface area contributed by atoms with Crippen molar-refractivity contribution in [1.29, 1.82) is 0 Å². The van der Waals surface area contributed by atoms with Gasteiger partial charge in [0.1, 0.15) is 0 Å². The molecule has 0 fully saturated rings. The topological polar surface area (TPSA) is 9.23 Å². The zero-order chi connectivity index (χ0) is 19.7. The predicted molar refractivity (Wildman–Crippen MR) is 109 cm³/mol. The molecule has 0 radical (unpaired) electrons. The van der Waals surface area contributed by atoms with Crippen LogP contribution < -0.4 is 0 Å². The van der Waals surface area contributed by atoms with Crippen LogP contribution in [0.25, 0.3) is 0 Å². The molecule has 0 bridgehead atoms. The maximum absolute atomic E-state index is 12.0. The van der Waals surface area contributed by atoms with Crippen LogP contribution in [-0.4, -0.2) is 11.8 Å². The fourth-order valence-corrected chi connectivity index (χ4v) is 3.31. The zero-order valence-corrected chi connectivity index (χ0v) is 17.9. The molecule has 0 aliphatic rings. The number of hydrogen-bond acceptors (Lipinski definition) is 2. The Morgan fingerprint density at radius 1 is 0.538 bits per heavy atom. The van der Waals surface area contributed by atoms with Gasteiger partial charge in [-0.15, -0.1) is 0 Å². The van der Waals surface area contributed by atoms with Crippen molar-refractivity contribution < 1.29 is 17.4 Å². The molecule has 0 rings (SSSR count). The van der Waals surface area contributed by atoms with Gasteiger partial charge in [0, 0.05) is 6.42 Å². The van der Waals surface area contributed by atoms with Gasteiger partial charge in [0.25, 0.3) is 0 Å². The summed E-state index contributed by atoms with van der Waals surface area (Å²) >= 11 is 3.90. The Kier molecular flexibility index (Phi) is 16.2. The molecule has 0 saturated heterocycles. The Labute approximate surface area is 165 Å². The summed E-state index contributed by atoms with van der Waals surface area (Å²) in [6.07, 6.45) is 13.7. The molecule has 5 heteroatoms. The highest BCUT2D eigenvalue weighted by molar-refractivity contribution is 7.75. The SMILES string of the molecule is CC(C)(CCCCCCCCCCCCCCCCCC(F)(F)F)OS. The Hall–Kier alpha value is 0.100. The Balaban J connectivity index is 3.12. The first-order valence-electron chi connectivity index (χ1n) is 10.7. The second-order valence-electron chi connectivity index (χ2n) is 8.27. The maximum atomic E-state index is 12.0. The summed E-state index contributed by atoms with van der Waals surface area (Å²) in [6, 6.07) is 0. The van der Waals surface area contributed by atoms with Crippen LogP contribution in [0.2, 0.25) is 0 Å². The summed E-state index contributed by atoms with van der Waals surface area (Å²) in [7, 11) is 0. The quantitative estimate of drug-likeness (QED) is 0.138. The molecule has 0 aromatic heterocycles. The van der Waals surface area contributed by atoms with E-state index in [1.54, 1.807) is 0 Å². The fourth-order valence-electron chi connectivity index (χ4n) is 3.22. The molecule has 0 N–H and O–H groups in total. The van der Waals surface area contributed by atoms with Crippen LogP contribution in [0.4, 0.5) is 13.2 Å². The first-order chi connectivity index (χ1) is 12.3. The molecule has 0 heterocycles. The van der Waals surface area contributed by atoms with Crippen LogP contribution in [-0.2, 0) is 4.18 Å². The number of halogens is 3. The molecule has 1 nitrogen and oxygen atoms in total. The number of thiol groups is 1. The molecular formula is C21H41F3OS. The molecule has 158 valence electrons. The van der Waals surface area contributed by atoms with Gasteiger partial charge in [-0.25, -0.2) is 0 Å². The minimum atomic E-state index is -3.97.